The van der Waals surface area contributed by atoms with Crippen LogP contribution in [0.2, 0.25) is 0 Å². The number of halogens is 2. The van der Waals surface area contributed by atoms with Gasteiger partial charge in [0, 0.05) is 13.0 Å². The fraction of sp³-hybridized carbons (Fsp3) is 0.800. The largest absolute Gasteiger partial charge is 0.311 e. The molecule has 0 unspecified atom stereocenters. The SMILES string of the molecule is C=O.FC1(F)CCNC1. The molecule has 1 aliphatic heterocycles. The smallest absolute Gasteiger partial charge is 0.261 e. The van der Waals surface area contributed by atoms with Crippen LogP contribution in [0.25, 0.3) is 0 Å². The van der Waals surface area contributed by atoms with Gasteiger partial charge >= 0.3 is 0 Å². The van der Waals surface area contributed by atoms with Crippen molar-refractivity contribution in [3.05, 3.63) is 0 Å². The van der Waals surface area contributed by atoms with Crippen LogP contribution in [0.3, 0.4) is 0 Å². The van der Waals surface area contributed by atoms with Crippen LogP contribution < -0.4 is 5.32 Å². The predicted octanol–water partition coefficient (Wildman–Crippen LogP) is 0.430. The zero-order valence-corrected chi connectivity index (χ0v) is 4.99. The van der Waals surface area contributed by atoms with Crippen LogP contribution in [0.15, 0.2) is 0 Å². The van der Waals surface area contributed by atoms with Crippen LogP contribution in [-0.2, 0) is 4.79 Å². The third kappa shape index (κ3) is 3.13. The molecule has 0 amide bonds. The Morgan fingerprint density at radius 2 is 2.00 bits per heavy atom. The summed E-state index contributed by atoms with van der Waals surface area (Å²) in [5.74, 6) is -2.42. The molecule has 1 heterocycles. The number of nitrogens with one attached hydrogen (secondary N) is 1. The molecule has 0 aliphatic carbocycles. The summed E-state index contributed by atoms with van der Waals surface area (Å²) in [5.41, 5.74) is 0. The van der Waals surface area contributed by atoms with E-state index >= 15 is 0 Å². The van der Waals surface area contributed by atoms with E-state index in [1.54, 1.807) is 0 Å². The van der Waals surface area contributed by atoms with Crippen molar-refractivity contribution in [2.75, 3.05) is 13.1 Å². The maximum atomic E-state index is 11.9. The minimum Gasteiger partial charge on any atom is -0.311 e. The van der Waals surface area contributed by atoms with Crippen molar-refractivity contribution in [1.82, 2.24) is 5.32 Å². The second kappa shape index (κ2) is 3.50. The first-order chi connectivity index (χ1) is 4.21. The first-order valence-electron chi connectivity index (χ1n) is 2.58. The van der Waals surface area contributed by atoms with Crippen LogP contribution in [0.1, 0.15) is 6.42 Å². The zero-order valence-electron chi connectivity index (χ0n) is 4.99. The Balaban J connectivity index is 0.000000291. The first kappa shape index (κ1) is 8.49. The average molecular weight is 137 g/mol. The lowest BCUT2D eigenvalue weighted by Crippen LogP contribution is -2.18. The molecule has 2 nitrogen and oxygen atoms in total. The lowest BCUT2D eigenvalue weighted by molar-refractivity contribution is -0.0979. The van der Waals surface area contributed by atoms with Crippen molar-refractivity contribution >= 4 is 6.79 Å². The highest BCUT2D eigenvalue weighted by Crippen LogP contribution is 2.19. The van der Waals surface area contributed by atoms with Gasteiger partial charge in [-0.05, 0) is 0 Å². The Labute approximate surface area is 52.2 Å². The van der Waals surface area contributed by atoms with Gasteiger partial charge in [-0.15, -0.1) is 0 Å². The van der Waals surface area contributed by atoms with E-state index in [0.717, 1.165) is 0 Å². The zero-order chi connectivity index (χ0) is 7.33. The van der Waals surface area contributed by atoms with Crippen LogP contribution in [0, 0.1) is 0 Å². The summed E-state index contributed by atoms with van der Waals surface area (Å²) in [6, 6.07) is 0. The summed E-state index contributed by atoms with van der Waals surface area (Å²) < 4.78 is 23.8. The van der Waals surface area contributed by atoms with Crippen molar-refractivity contribution in [2.24, 2.45) is 0 Å². The van der Waals surface area contributed by atoms with Crippen molar-refractivity contribution < 1.29 is 13.6 Å². The van der Waals surface area contributed by atoms with Gasteiger partial charge in [-0.3, -0.25) is 0 Å². The number of hydrogen-bond donors (Lipinski definition) is 1. The Bertz CT molecular complexity index is 79.0. The second-order valence-corrected chi connectivity index (χ2v) is 1.78. The van der Waals surface area contributed by atoms with Gasteiger partial charge in [0.2, 0.25) is 0 Å². The number of carbonyl (C=O) groups excluding carboxylic acids is 1. The molecule has 4 heteroatoms. The van der Waals surface area contributed by atoms with Crippen LogP contribution in [0.4, 0.5) is 8.78 Å². The fourth-order valence-electron chi connectivity index (χ4n) is 0.631. The van der Waals surface area contributed by atoms with Gasteiger partial charge in [-0.1, -0.05) is 0 Å². The average Bonchev–Trinajstić information content (AvgIpc) is 2.19. The minimum absolute atomic E-state index is 0.00694. The molecule has 0 aromatic carbocycles. The highest BCUT2D eigenvalue weighted by atomic mass is 19.3. The second-order valence-electron chi connectivity index (χ2n) is 1.78. The van der Waals surface area contributed by atoms with Gasteiger partial charge in [-0.25, -0.2) is 8.78 Å². The highest BCUT2D eigenvalue weighted by Gasteiger charge is 2.32. The molecule has 0 aromatic heterocycles. The molecule has 0 bridgehead atoms. The number of rotatable bonds is 0. The van der Waals surface area contributed by atoms with Crippen LogP contribution in [0.5, 0.6) is 0 Å². The van der Waals surface area contributed by atoms with Crippen LogP contribution in [-0.4, -0.2) is 25.8 Å². The monoisotopic (exact) mass is 137 g/mol. The Morgan fingerprint density at radius 1 is 1.44 bits per heavy atom. The lowest BCUT2D eigenvalue weighted by atomic mass is 10.3. The van der Waals surface area contributed by atoms with Gasteiger partial charge in [0.25, 0.3) is 5.92 Å². The van der Waals surface area contributed by atoms with Crippen molar-refractivity contribution in [1.29, 1.82) is 0 Å². The topological polar surface area (TPSA) is 29.1 Å². The van der Waals surface area contributed by atoms with E-state index in [9.17, 15) is 8.78 Å². The lowest BCUT2D eigenvalue weighted by Gasteiger charge is -2.02. The fourth-order valence-corrected chi connectivity index (χ4v) is 0.631. The summed E-state index contributed by atoms with van der Waals surface area (Å²) in [6.45, 7) is 2.33. The van der Waals surface area contributed by atoms with E-state index in [1.165, 1.54) is 0 Å². The standard InChI is InChI=1S/C4H7F2N.CH2O/c5-4(6)1-2-7-3-4;1-2/h7H,1-3H2;1H2. The predicted molar refractivity (Wildman–Crippen MR) is 29.6 cm³/mol. The van der Waals surface area contributed by atoms with E-state index in [2.05, 4.69) is 5.32 Å². The van der Waals surface area contributed by atoms with Crippen LogP contribution >= 0.6 is 0 Å². The number of hydrogen-bond acceptors (Lipinski definition) is 2. The Morgan fingerprint density at radius 3 is 2.11 bits per heavy atom. The van der Waals surface area contributed by atoms with Gasteiger partial charge in [0.1, 0.15) is 6.79 Å². The Hall–Kier alpha value is -0.510. The van der Waals surface area contributed by atoms with E-state index in [1.807, 2.05) is 6.79 Å². The number of alkyl halides is 2. The molecular weight excluding hydrogens is 128 g/mol. The quantitative estimate of drug-likeness (QED) is 0.524. The van der Waals surface area contributed by atoms with Gasteiger partial charge in [0.05, 0.1) is 6.54 Å². The minimum atomic E-state index is -2.42. The van der Waals surface area contributed by atoms with Crippen molar-refractivity contribution in [3.63, 3.8) is 0 Å². The molecule has 0 atom stereocenters. The summed E-state index contributed by atoms with van der Waals surface area (Å²) in [4.78, 5) is 8.00. The summed E-state index contributed by atoms with van der Waals surface area (Å²) in [6.07, 6.45) is 0.00694. The maximum Gasteiger partial charge on any atom is 0.261 e. The third-order valence-corrected chi connectivity index (χ3v) is 1.05. The maximum absolute atomic E-state index is 11.9. The molecule has 0 radical (unpaired) electrons. The molecule has 1 fully saturated rings. The number of carbonyl (C=O) groups is 1. The molecule has 1 N–H and O–H groups in total. The normalized spacial score (nSPS) is 22.4. The van der Waals surface area contributed by atoms with Gasteiger partial charge in [-0.2, -0.15) is 0 Å². The molecule has 0 spiro atoms. The molecule has 1 aliphatic rings. The molecule has 54 valence electrons. The van der Waals surface area contributed by atoms with E-state index < -0.39 is 5.92 Å². The Kier molecular flexibility index (Phi) is 3.30. The van der Waals surface area contributed by atoms with E-state index in [0.29, 0.717) is 6.54 Å². The molecule has 0 saturated carbocycles. The summed E-state index contributed by atoms with van der Waals surface area (Å²) >= 11 is 0. The molecular formula is C5H9F2NO. The van der Waals surface area contributed by atoms with Gasteiger partial charge in [0.15, 0.2) is 0 Å². The summed E-state index contributed by atoms with van der Waals surface area (Å²) in [5, 5.41) is 2.56. The van der Waals surface area contributed by atoms with Gasteiger partial charge < -0.3 is 10.1 Å². The van der Waals surface area contributed by atoms with Crippen molar-refractivity contribution in [3.8, 4) is 0 Å². The molecule has 1 rings (SSSR count). The third-order valence-electron chi connectivity index (χ3n) is 1.05. The molecule has 0 aromatic rings. The van der Waals surface area contributed by atoms with E-state index in [-0.39, 0.29) is 13.0 Å². The first-order valence-corrected chi connectivity index (χ1v) is 2.58. The highest BCUT2D eigenvalue weighted by molar-refractivity contribution is 5.10. The van der Waals surface area contributed by atoms with Crippen molar-refractivity contribution in [2.45, 2.75) is 12.3 Å². The molecule has 9 heavy (non-hydrogen) atoms. The van der Waals surface area contributed by atoms with E-state index in [4.69, 9.17) is 4.79 Å². The summed E-state index contributed by atoms with van der Waals surface area (Å²) in [7, 11) is 0. The molecule has 1 saturated heterocycles.